The quantitative estimate of drug-likeness (QED) is 0.528. The summed E-state index contributed by atoms with van der Waals surface area (Å²) in [5, 5.41) is 6.04. The van der Waals surface area contributed by atoms with Crippen LogP contribution in [0.2, 0.25) is 0 Å². The highest BCUT2D eigenvalue weighted by Gasteiger charge is 2.04. The van der Waals surface area contributed by atoms with Crippen molar-refractivity contribution in [1.29, 1.82) is 0 Å². The highest BCUT2D eigenvalue weighted by atomic mass is 32.1. The summed E-state index contributed by atoms with van der Waals surface area (Å²) in [5.74, 6) is 0.152. The molecule has 1 heterocycles. The van der Waals surface area contributed by atoms with E-state index in [4.69, 9.17) is 4.74 Å². The number of nitrogens with one attached hydrogen (secondary N) is 1. The highest BCUT2D eigenvalue weighted by Crippen LogP contribution is 2.21. The van der Waals surface area contributed by atoms with Crippen LogP contribution >= 0.6 is 11.3 Å². The molecule has 3 aromatic rings. The summed E-state index contributed by atoms with van der Waals surface area (Å²) in [4.78, 5) is 16.4. The van der Waals surface area contributed by atoms with Crippen LogP contribution in [-0.4, -0.2) is 24.0 Å². The molecule has 2 aromatic carbocycles. The first-order valence-corrected chi connectivity index (χ1v) is 10.1. The SMILES string of the molecule is Cc1nc(-c2ccc(CCNC(=O)CCCOc3cccc(F)c3)cc2)cs1. The van der Waals surface area contributed by atoms with Gasteiger partial charge in [-0.25, -0.2) is 9.37 Å². The monoisotopic (exact) mass is 398 g/mol. The molecule has 0 bridgehead atoms. The Bertz CT molecular complexity index is 909. The van der Waals surface area contributed by atoms with Crippen LogP contribution in [-0.2, 0) is 11.2 Å². The number of hydrogen-bond acceptors (Lipinski definition) is 4. The highest BCUT2D eigenvalue weighted by molar-refractivity contribution is 7.09. The Morgan fingerprint density at radius 2 is 2.04 bits per heavy atom. The third-order valence-electron chi connectivity index (χ3n) is 4.22. The van der Waals surface area contributed by atoms with E-state index in [9.17, 15) is 9.18 Å². The summed E-state index contributed by atoms with van der Waals surface area (Å²) in [6.07, 6.45) is 1.75. The van der Waals surface area contributed by atoms with Gasteiger partial charge in [-0.15, -0.1) is 11.3 Å². The van der Waals surface area contributed by atoms with Crippen LogP contribution in [0.3, 0.4) is 0 Å². The average Bonchev–Trinajstić information content (AvgIpc) is 3.12. The molecule has 3 rings (SSSR count). The molecule has 0 fully saturated rings. The molecule has 0 saturated carbocycles. The van der Waals surface area contributed by atoms with Crippen LogP contribution in [0, 0.1) is 12.7 Å². The molecule has 146 valence electrons. The first-order valence-electron chi connectivity index (χ1n) is 9.27. The lowest BCUT2D eigenvalue weighted by Crippen LogP contribution is -2.25. The molecule has 6 heteroatoms. The number of amides is 1. The summed E-state index contributed by atoms with van der Waals surface area (Å²) >= 11 is 1.64. The van der Waals surface area contributed by atoms with Gasteiger partial charge in [-0.2, -0.15) is 0 Å². The predicted molar refractivity (Wildman–Crippen MR) is 110 cm³/mol. The van der Waals surface area contributed by atoms with Gasteiger partial charge in [-0.3, -0.25) is 4.79 Å². The molecule has 0 unspecified atom stereocenters. The van der Waals surface area contributed by atoms with Crippen LogP contribution in [0.1, 0.15) is 23.4 Å². The van der Waals surface area contributed by atoms with Gasteiger partial charge in [0, 0.05) is 30.0 Å². The number of rotatable bonds is 9. The van der Waals surface area contributed by atoms with Crippen molar-refractivity contribution >= 4 is 17.2 Å². The normalized spacial score (nSPS) is 10.6. The maximum atomic E-state index is 13.0. The maximum absolute atomic E-state index is 13.0. The Morgan fingerprint density at radius 3 is 2.75 bits per heavy atom. The van der Waals surface area contributed by atoms with Crippen molar-refractivity contribution in [2.24, 2.45) is 0 Å². The molecular formula is C22H23FN2O2S. The molecule has 4 nitrogen and oxygen atoms in total. The smallest absolute Gasteiger partial charge is 0.220 e. The molecular weight excluding hydrogens is 375 g/mol. The molecule has 0 saturated heterocycles. The van der Waals surface area contributed by atoms with Gasteiger partial charge in [0.15, 0.2) is 0 Å². The van der Waals surface area contributed by atoms with Crippen molar-refractivity contribution in [3.8, 4) is 17.0 Å². The maximum Gasteiger partial charge on any atom is 0.220 e. The van der Waals surface area contributed by atoms with Crippen LogP contribution in [0.25, 0.3) is 11.3 Å². The number of aromatic nitrogens is 1. The Hall–Kier alpha value is -2.73. The molecule has 1 aromatic heterocycles. The van der Waals surface area contributed by atoms with Gasteiger partial charge < -0.3 is 10.1 Å². The van der Waals surface area contributed by atoms with Gasteiger partial charge in [-0.05, 0) is 37.5 Å². The predicted octanol–water partition coefficient (Wildman–Crippen LogP) is 4.78. The lowest BCUT2D eigenvalue weighted by molar-refractivity contribution is -0.121. The zero-order valence-corrected chi connectivity index (χ0v) is 16.6. The van der Waals surface area contributed by atoms with Gasteiger partial charge in [0.25, 0.3) is 0 Å². The zero-order chi connectivity index (χ0) is 19.8. The van der Waals surface area contributed by atoms with Crippen LogP contribution in [0.4, 0.5) is 4.39 Å². The molecule has 0 aliphatic carbocycles. The Labute approximate surface area is 168 Å². The minimum Gasteiger partial charge on any atom is -0.493 e. The number of hydrogen-bond donors (Lipinski definition) is 1. The van der Waals surface area contributed by atoms with Crippen molar-refractivity contribution in [2.75, 3.05) is 13.2 Å². The number of carbonyl (C=O) groups is 1. The van der Waals surface area contributed by atoms with E-state index in [1.54, 1.807) is 23.5 Å². The summed E-state index contributed by atoms with van der Waals surface area (Å²) in [6.45, 7) is 2.98. The van der Waals surface area contributed by atoms with Crippen molar-refractivity contribution < 1.29 is 13.9 Å². The van der Waals surface area contributed by atoms with E-state index >= 15 is 0 Å². The van der Waals surface area contributed by atoms with Crippen molar-refractivity contribution in [1.82, 2.24) is 10.3 Å². The molecule has 1 amide bonds. The minimum absolute atomic E-state index is 0.00240. The summed E-state index contributed by atoms with van der Waals surface area (Å²) < 4.78 is 18.5. The lowest BCUT2D eigenvalue weighted by Gasteiger charge is -2.08. The lowest BCUT2D eigenvalue weighted by atomic mass is 10.1. The van der Waals surface area contributed by atoms with Crippen LogP contribution in [0.15, 0.2) is 53.9 Å². The van der Waals surface area contributed by atoms with E-state index in [0.717, 1.165) is 22.7 Å². The van der Waals surface area contributed by atoms with E-state index in [-0.39, 0.29) is 11.7 Å². The number of aryl methyl sites for hydroxylation is 1. The third-order valence-corrected chi connectivity index (χ3v) is 4.99. The van der Waals surface area contributed by atoms with Gasteiger partial charge in [-0.1, -0.05) is 30.3 Å². The minimum atomic E-state index is -0.329. The van der Waals surface area contributed by atoms with Crippen LogP contribution < -0.4 is 10.1 Å². The van der Waals surface area contributed by atoms with Gasteiger partial charge in [0.2, 0.25) is 5.91 Å². The van der Waals surface area contributed by atoms with Crippen LogP contribution in [0.5, 0.6) is 5.75 Å². The summed E-state index contributed by atoms with van der Waals surface area (Å²) in [7, 11) is 0. The number of halogens is 1. The zero-order valence-electron chi connectivity index (χ0n) is 15.8. The van der Waals surface area contributed by atoms with Gasteiger partial charge >= 0.3 is 0 Å². The number of carbonyl (C=O) groups excluding carboxylic acids is 1. The fourth-order valence-electron chi connectivity index (χ4n) is 2.75. The average molecular weight is 399 g/mol. The van der Waals surface area contributed by atoms with Crippen molar-refractivity contribution in [3.05, 3.63) is 70.3 Å². The second kappa shape index (κ2) is 9.99. The fraction of sp³-hybridized carbons (Fsp3) is 0.273. The Balaban J connectivity index is 1.32. The number of benzene rings is 2. The Morgan fingerprint density at radius 1 is 1.21 bits per heavy atom. The molecule has 0 spiro atoms. The fourth-order valence-corrected chi connectivity index (χ4v) is 3.37. The first-order chi connectivity index (χ1) is 13.6. The third kappa shape index (κ3) is 6.16. The topological polar surface area (TPSA) is 51.2 Å². The van der Waals surface area contributed by atoms with E-state index in [1.165, 1.54) is 17.7 Å². The molecule has 0 atom stereocenters. The van der Waals surface area contributed by atoms with E-state index in [1.807, 2.05) is 6.92 Å². The number of ether oxygens (including phenoxy) is 1. The molecule has 0 radical (unpaired) electrons. The first kappa shape index (κ1) is 20.0. The Kier molecular flexibility index (Phi) is 7.14. The molecule has 1 N–H and O–H groups in total. The molecule has 0 aliphatic rings. The standard InChI is InChI=1S/C22H23FN2O2S/c1-16-25-21(15-28-16)18-9-7-17(8-10-18)11-12-24-22(26)6-3-13-27-20-5-2-4-19(23)14-20/h2,4-5,7-10,14-15H,3,6,11-13H2,1H3,(H,24,26). The number of thiazole rings is 1. The molecule has 0 aliphatic heterocycles. The second-order valence-corrected chi connectivity index (χ2v) is 7.52. The van der Waals surface area contributed by atoms with Crippen molar-refractivity contribution in [2.45, 2.75) is 26.2 Å². The second-order valence-electron chi connectivity index (χ2n) is 6.46. The van der Waals surface area contributed by atoms with E-state index in [0.29, 0.717) is 31.7 Å². The van der Waals surface area contributed by atoms with E-state index in [2.05, 4.69) is 39.9 Å². The molecule has 28 heavy (non-hydrogen) atoms. The summed E-state index contributed by atoms with van der Waals surface area (Å²) in [5.41, 5.74) is 3.28. The van der Waals surface area contributed by atoms with Gasteiger partial charge in [0.1, 0.15) is 11.6 Å². The van der Waals surface area contributed by atoms with E-state index < -0.39 is 0 Å². The van der Waals surface area contributed by atoms with Gasteiger partial charge in [0.05, 0.1) is 17.3 Å². The summed E-state index contributed by atoms with van der Waals surface area (Å²) in [6, 6.07) is 14.3. The van der Waals surface area contributed by atoms with Crippen molar-refractivity contribution in [3.63, 3.8) is 0 Å². The largest absolute Gasteiger partial charge is 0.493 e. The number of nitrogens with zero attached hydrogens (tertiary/aromatic N) is 1.